The highest BCUT2D eigenvalue weighted by Gasteiger charge is 2.26. The Morgan fingerprint density at radius 1 is 0.821 bits per heavy atom. The molecule has 0 aromatic rings. The van der Waals surface area contributed by atoms with E-state index in [1.807, 2.05) is 6.92 Å². The molecular weight excluding hydrogens is 376 g/mol. The molecule has 0 bridgehead atoms. The fourth-order valence-corrected chi connectivity index (χ4v) is 1.89. The Bertz CT molecular complexity index is 477. The van der Waals surface area contributed by atoms with Gasteiger partial charge < -0.3 is 28.8 Å². The third kappa shape index (κ3) is 17.3. The van der Waals surface area contributed by atoms with Crippen molar-refractivity contribution in [1.29, 1.82) is 0 Å². The van der Waals surface area contributed by atoms with E-state index >= 15 is 0 Å². The number of aliphatic carboxylic acids is 1. The molecule has 0 aliphatic heterocycles. The van der Waals surface area contributed by atoms with E-state index < -0.39 is 18.0 Å². The Balaban J connectivity index is 4.07. The molecular formula is C15H28N6O7. The minimum absolute atomic E-state index is 0.148. The summed E-state index contributed by atoms with van der Waals surface area (Å²) < 4.78 is 26.8. The summed E-state index contributed by atoms with van der Waals surface area (Å²) in [5, 5.41) is 15.4. The van der Waals surface area contributed by atoms with Crippen LogP contribution < -0.4 is 0 Å². The van der Waals surface area contributed by atoms with Crippen LogP contribution in [0.4, 0.5) is 0 Å². The summed E-state index contributed by atoms with van der Waals surface area (Å²) in [7, 11) is 0. The summed E-state index contributed by atoms with van der Waals surface area (Å²) >= 11 is 0. The number of azide groups is 2. The van der Waals surface area contributed by atoms with E-state index in [4.69, 9.17) is 39.9 Å². The van der Waals surface area contributed by atoms with E-state index in [2.05, 4.69) is 20.1 Å². The van der Waals surface area contributed by atoms with Crippen molar-refractivity contribution in [2.45, 2.75) is 6.92 Å². The van der Waals surface area contributed by atoms with Crippen LogP contribution in [0.25, 0.3) is 20.9 Å². The van der Waals surface area contributed by atoms with Gasteiger partial charge >= 0.3 is 5.97 Å². The van der Waals surface area contributed by atoms with Crippen molar-refractivity contribution in [3.8, 4) is 0 Å². The molecule has 0 rings (SSSR count). The number of carbonyl (C=O) groups is 1. The molecule has 160 valence electrons. The van der Waals surface area contributed by atoms with Gasteiger partial charge in [-0.3, -0.25) is 0 Å². The lowest BCUT2D eigenvalue weighted by Gasteiger charge is -2.28. The van der Waals surface area contributed by atoms with E-state index in [0.717, 1.165) is 0 Å². The molecule has 0 unspecified atom stereocenters. The molecule has 0 heterocycles. The minimum atomic E-state index is -1.05. The molecule has 0 fully saturated rings. The van der Waals surface area contributed by atoms with Crippen LogP contribution in [0.15, 0.2) is 10.2 Å². The molecule has 0 aromatic heterocycles. The van der Waals surface area contributed by atoms with Crippen LogP contribution >= 0.6 is 0 Å². The van der Waals surface area contributed by atoms with Gasteiger partial charge in [0.2, 0.25) is 0 Å². The highest BCUT2D eigenvalue weighted by Crippen LogP contribution is 2.18. The SMILES string of the molecule is CC(COCCOCCN=[N+]=[N-])(COCCOCCN=[N+]=[N-])COCC(=O)O. The fourth-order valence-electron chi connectivity index (χ4n) is 1.89. The fraction of sp³-hybridized carbons (Fsp3) is 0.933. The Kier molecular flexibility index (Phi) is 16.9. The number of carboxylic acids is 1. The van der Waals surface area contributed by atoms with Crippen LogP contribution in [-0.2, 0) is 28.5 Å². The van der Waals surface area contributed by atoms with Crippen molar-refractivity contribution in [2.75, 3.05) is 79.2 Å². The number of nitrogens with zero attached hydrogens (tertiary/aromatic N) is 6. The lowest BCUT2D eigenvalue weighted by Crippen LogP contribution is -2.36. The second-order valence-corrected chi connectivity index (χ2v) is 5.94. The van der Waals surface area contributed by atoms with E-state index in [1.54, 1.807) is 0 Å². The number of ether oxygens (including phenoxy) is 5. The Labute approximate surface area is 163 Å². The van der Waals surface area contributed by atoms with Crippen LogP contribution in [0.2, 0.25) is 0 Å². The van der Waals surface area contributed by atoms with Crippen molar-refractivity contribution in [1.82, 2.24) is 0 Å². The summed E-state index contributed by atoms with van der Waals surface area (Å²) in [4.78, 5) is 15.9. The van der Waals surface area contributed by atoms with Gasteiger partial charge in [0.1, 0.15) is 6.61 Å². The van der Waals surface area contributed by atoms with Gasteiger partial charge in [0.05, 0.1) is 59.5 Å². The molecule has 0 spiro atoms. The lowest BCUT2D eigenvalue weighted by molar-refractivity contribution is -0.145. The predicted octanol–water partition coefficient (Wildman–Crippen LogP) is 1.78. The molecule has 28 heavy (non-hydrogen) atoms. The summed E-state index contributed by atoms with van der Waals surface area (Å²) in [6.07, 6.45) is 0. The topological polar surface area (TPSA) is 181 Å². The van der Waals surface area contributed by atoms with Crippen molar-refractivity contribution < 1.29 is 33.6 Å². The van der Waals surface area contributed by atoms with E-state index in [-0.39, 0.29) is 32.9 Å². The van der Waals surface area contributed by atoms with Crippen LogP contribution in [0, 0.1) is 5.41 Å². The van der Waals surface area contributed by atoms with Crippen LogP contribution in [0.1, 0.15) is 6.92 Å². The standard InChI is InChI=1S/C15H28N6O7/c1-15(13-28-10-14(22)23,11-26-8-6-24-4-2-18-20-16)12-27-9-7-25-5-3-19-21-17/h2-13H2,1H3,(H,22,23). The molecule has 0 amide bonds. The number of carboxylic acid groups (broad SMARTS) is 1. The third-order valence-electron chi connectivity index (χ3n) is 3.12. The molecule has 0 aromatic carbocycles. The third-order valence-corrected chi connectivity index (χ3v) is 3.12. The first kappa shape index (κ1) is 25.9. The van der Waals surface area contributed by atoms with E-state index in [1.165, 1.54) is 0 Å². The number of rotatable bonds is 20. The summed E-state index contributed by atoms with van der Waals surface area (Å²) in [5.74, 6) is -1.05. The number of hydrogen-bond acceptors (Lipinski definition) is 8. The van der Waals surface area contributed by atoms with Gasteiger partial charge in [0.15, 0.2) is 0 Å². The smallest absolute Gasteiger partial charge is 0.329 e. The van der Waals surface area contributed by atoms with Crippen molar-refractivity contribution >= 4 is 5.97 Å². The average Bonchev–Trinajstić information content (AvgIpc) is 2.66. The van der Waals surface area contributed by atoms with E-state index in [9.17, 15) is 4.79 Å². The molecule has 0 saturated heterocycles. The van der Waals surface area contributed by atoms with Crippen molar-refractivity contribution in [2.24, 2.45) is 15.6 Å². The molecule has 0 radical (unpaired) electrons. The number of hydrogen-bond donors (Lipinski definition) is 1. The van der Waals surface area contributed by atoms with Gasteiger partial charge in [-0.05, 0) is 11.1 Å². The molecule has 0 saturated carbocycles. The van der Waals surface area contributed by atoms with Gasteiger partial charge in [0.25, 0.3) is 0 Å². The molecule has 0 atom stereocenters. The summed E-state index contributed by atoms with van der Waals surface area (Å²) in [5.41, 5.74) is 15.7. The first-order valence-electron chi connectivity index (χ1n) is 8.66. The van der Waals surface area contributed by atoms with Crippen LogP contribution in [-0.4, -0.2) is 90.2 Å². The van der Waals surface area contributed by atoms with Gasteiger partial charge in [-0.15, -0.1) is 0 Å². The quantitative estimate of drug-likeness (QED) is 0.139. The first-order valence-corrected chi connectivity index (χ1v) is 8.66. The minimum Gasteiger partial charge on any atom is -0.480 e. The summed E-state index contributed by atoms with van der Waals surface area (Å²) in [6, 6.07) is 0. The monoisotopic (exact) mass is 404 g/mol. The summed E-state index contributed by atoms with van der Waals surface area (Å²) in [6.45, 7) is 4.65. The van der Waals surface area contributed by atoms with Gasteiger partial charge in [-0.25, -0.2) is 4.79 Å². The van der Waals surface area contributed by atoms with Crippen molar-refractivity contribution in [3.63, 3.8) is 0 Å². The zero-order chi connectivity index (χ0) is 20.9. The second-order valence-electron chi connectivity index (χ2n) is 5.94. The van der Waals surface area contributed by atoms with E-state index in [0.29, 0.717) is 39.6 Å². The Morgan fingerprint density at radius 3 is 1.68 bits per heavy atom. The predicted molar refractivity (Wildman–Crippen MR) is 97.9 cm³/mol. The molecule has 1 N–H and O–H groups in total. The maximum absolute atomic E-state index is 10.6. The Morgan fingerprint density at radius 2 is 1.25 bits per heavy atom. The maximum Gasteiger partial charge on any atom is 0.329 e. The maximum atomic E-state index is 10.6. The van der Waals surface area contributed by atoms with Crippen LogP contribution in [0.3, 0.4) is 0 Å². The Hall–Kier alpha value is -2.11. The zero-order valence-electron chi connectivity index (χ0n) is 16.1. The van der Waals surface area contributed by atoms with Gasteiger partial charge in [-0.1, -0.05) is 17.2 Å². The highest BCUT2D eigenvalue weighted by atomic mass is 16.5. The molecule has 0 aliphatic carbocycles. The molecule has 0 aliphatic rings. The second kappa shape index (κ2) is 18.3. The molecule has 13 heteroatoms. The molecule has 13 nitrogen and oxygen atoms in total. The van der Waals surface area contributed by atoms with Crippen molar-refractivity contribution in [3.05, 3.63) is 20.9 Å². The lowest BCUT2D eigenvalue weighted by atomic mass is 9.94. The normalized spacial score (nSPS) is 12.6. The van der Waals surface area contributed by atoms with Gasteiger partial charge in [-0.2, -0.15) is 0 Å². The van der Waals surface area contributed by atoms with Crippen LogP contribution in [0.5, 0.6) is 0 Å². The largest absolute Gasteiger partial charge is 0.480 e. The van der Waals surface area contributed by atoms with Gasteiger partial charge in [0, 0.05) is 28.3 Å². The highest BCUT2D eigenvalue weighted by molar-refractivity contribution is 5.67. The average molecular weight is 404 g/mol. The zero-order valence-corrected chi connectivity index (χ0v) is 16.1. The first-order chi connectivity index (χ1) is 13.5.